The molecule has 0 saturated carbocycles. The fourth-order valence-electron chi connectivity index (χ4n) is 5.51. The SMILES string of the molecule is CCCCc1c(CCC)c(CCC)c(CCCC)c2c1CC(C(=O)OCC)(C(=O)OCC)C2. The Labute approximate surface area is 201 Å². The lowest BCUT2D eigenvalue weighted by Crippen LogP contribution is -2.43. The molecule has 1 aliphatic carbocycles. The van der Waals surface area contributed by atoms with Crippen LogP contribution in [0.15, 0.2) is 0 Å². The molecule has 0 aromatic heterocycles. The number of carbonyl (C=O) groups excluding carboxylic acids is 2. The van der Waals surface area contributed by atoms with Gasteiger partial charge in [-0.3, -0.25) is 9.59 Å². The van der Waals surface area contributed by atoms with Crippen LogP contribution >= 0.6 is 0 Å². The molecule has 186 valence electrons. The summed E-state index contributed by atoms with van der Waals surface area (Å²) in [5.41, 5.74) is 7.07. The summed E-state index contributed by atoms with van der Waals surface area (Å²) in [6, 6.07) is 0. The van der Waals surface area contributed by atoms with Gasteiger partial charge in [-0.25, -0.2) is 0 Å². The molecule has 4 heteroatoms. The van der Waals surface area contributed by atoms with Gasteiger partial charge in [0.05, 0.1) is 13.2 Å². The van der Waals surface area contributed by atoms with Crippen LogP contribution in [0.2, 0.25) is 0 Å². The number of hydrogen-bond donors (Lipinski definition) is 0. The van der Waals surface area contributed by atoms with Crippen molar-refractivity contribution in [1.29, 1.82) is 0 Å². The molecule has 1 aromatic rings. The zero-order chi connectivity index (χ0) is 24.4. The molecule has 0 fully saturated rings. The lowest BCUT2D eigenvalue weighted by molar-refractivity contribution is -0.171. The first-order valence-corrected chi connectivity index (χ1v) is 13.5. The van der Waals surface area contributed by atoms with Crippen LogP contribution in [-0.2, 0) is 57.6 Å². The molecule has 1 aromatic carbocycles. The molecule has 4 nitrogen and oxygen atoms in total. The van der Waals surface area contributed by atoms with Gasteiger partial charge >= 0.3 is 11.9 Å². The van der Waals surface area contributed by atoms with Gasteiger partial charge in [0, 0.05) is 12.8 Å². The lowest BCUT2D eigenvalue weighted by atomic mass is 9.81. The summed E-state index contributed by atoms with van der Waals surface area (Å²) < 4.78 is 11.0. The average molecular weight is 459 g/mol. The number of rotatable bonds is 14. The third-order valence-electron chi connectivity index (χ3n) is 7.04. The van der Waals surface area contributed by atoms with E-state index in [0.717, 1.165) is 64.2 Å². The van der Waals surface area contributed by atoms with Crippen LogP contribution in [-0.4, -0.2) is 25.2 Å². The van der Waals surface area contributed by atoms with Crippen LogP contribution in [0, 0.1) is 5.41 Å². The Balaban J connectivity index is 2.80. The Morgan fingerprint density at radius 2 is 1.00 bits per heavy atom. The van der Waals surface area contributed by atoms with Crippen LogP contribution in [0.1, 0.15) is 113 Å². The zero-order valence-corrected chi connectivity index (χ0v) is 22.0. The number of fused-ring (bicyclic) bond motifs is 1. The normalized spacial score (nSPS) is 14.2. The highest BCUT2D eigenvalue weighted by Crippen LogP contribution is 2.46. The molecular weight excluding hydrogens is 412 g/mol. The Kier molecular flexibility index (Phi) is 10.9. The van der Waals surface area contributed by atoms with Crippen LogP contribution in [0.5, 0.6) is 0 Å². The van der Waals surface area contributed by atoms with Crippen LogP contribution in [0.3, 0.4) is 0 Å². The Hall–Kier alpha value is -1.84. The number of carbonyl (C=O) groups is 2. The van der Waals surface area contributed by atoms with Gasteiger partial charge in [-0.2, -0.15) is 0 Å². The van der Waals surface area contributed by atoms with E-state index in [0.29, 0.717) is 12.8 Å². The van der Waals surface area contributed by atoms with E-state index < -0.39 is 17.4 Å². The summed E-state index contributed by atoms with van der Waals surface area (Å²) in [7, 11) is 0. The minimum Gasteiger partial charge on any atom is -0.465 e. The second-order valence-corrected chi connectivity index (χ2v) is 9.46. The smallest absolute Gasteiger partial charge is 0.324 e. The average Bonchev–Trinajstić information content (AvgIpc) is 3.21. The third-order valence-corrected chi connectivity index (χ3v) is 7.04. The molecule has 0 spiro atoms. The van der Waals surface area contributed by atoms with Gasteiger partial charge in [-0.05, 0) is 85.8 Å². The second kappa shape index (κ2) is 13.2. The van der Waals surface area contributed by atoms with E-state index >= 15 is 0 Å². The van der Waals surface area contributed by atoms with Gasteiger partial charge < -0.3 is 9.47 Å². The molecule has 0 saturated heterocycles. The van der Waals surface area contributed by atoms with E-state index in [1.54, 1.807) is 13.8 Å². The van der Waals surface area contributed by atoms with Crippen molar-refractivity contribution in [2.45, 2.75) is 119 Å². The van der Waals surface area contributed by atoms with E-state index in [-0.39, 0.29) is 13.2 Å². The molecular formula is C29H46O4. The van der Waals surface area contributed by atoms with Gasteiger partial charge in [0.2, 0.25) is 0 Å². The Morgan fingerprint density at radius 1 is 0.606 bits per heavy atom. The van der Waals surface area contributed by atoms with Gasteiger partial charge in [-0.15, -0.1) is 0 Å². The maximum Gasteiger partial charge on any atom is 0.324 e. The van der Waals surface area contributed by atoms with Gasteiger partial charge in [-0.1, -0.05) is 53.4 Å². The first kappa shape index (κ1) is 27.4. The van der Waals surface area contributed by atoms with E-state index in [9.17, 15) is 9.59 Å². The standard InChI is InChI=1S/C29H46O4/c1-7-13-17-23-21(15-9-3)22(16-10-4)24(18-14-8-2)26-20-29(19-25(23)26,27(30)32-11-5)28(31)33-12-6/h7-20H2,1-6H3. The molecule has 1 aliphatic rings. The van der Waals surface area contributed by atoms with Crippen molar-refractivity contribution in [2.24, 2.45) is 5.41 Å². The predicted octanol–water partition coefficient (Wildman–Crippen LogP) is 6.49. The van der Waals surface area contributed by atoms with Crippen LogP contribution < -0.4 is 0 Å². The first-order chi connectivity index (χ1) is 15.9. The number of ether oxygens (including phenoxy) is 2. The van der Waals surface area contributed by atoms with Crippen molar-refractivity contribution in [3.63, 3.8) is 0 Å². The molecule has 0 heterocycles. The molecule has 2 rings (SSSR count). The minimum atomic E-state index is -1.25. The number of benzene rings is 1. The van der Waals surface area contributed by atoms with Crippen LogP contribution in [0.25, 0.3) is 0 Å². The van der Waals surface area contributed by atoms with Crippen molar-refractivity contribution in [1.82, 2.24) is 0 Å². The van der Waals surface area contributed by atoms with Crippen molar-refractivity contribution in [3.05, 3.63) is 33.4 Å². The third kappa shape index (κ3) is 5.81. The molecule has 0 atom stereocenters. The maximum atomic E-state index is 13.3. The van der Waals surface area contributed by atoms with E-state index in [1.165, 1.54) is 33.4 Å². The lowest BCUT2D eigenvalue weighted by Gasteiger charge is -2.24. The first-order valence-electron chi connectivity index (χ1n) is 13.5. The van der Waals surface area contributed by atoms with Crippen molar-refractivity contribution in [3.8, 4) is 0 Å². The topological polar surface area (TPSA) is 52.6 Å². The molecule has 0 N–H and O–H groups in total. The van der Waals surface area contributed by atoms with Gasteiger partial charge in [0.15, 0.2) is 5.41 Å². The summed E-state index contributed by atoms with van der Waals surface area (Å²) in [4.78, 5) is 26.6. The monoisotopic (exact) mass is 458 g/mol. The number of hydrogen-bond acceptors (Lipinski definition) is 4. The molecule has 33 heavy (non-hydrogen) atoms. The summed E-state index contributed by atoms with van der Waals surface area (Å²) in [5.74, 6) is -0.840. The predicted molar refractivity (Wildman–Crippen MR) is 135 cm³/mol. The molecule has 0 radical (unpaired) electrons. The fraction of sp³-hybridized carbons (Fsp3) is 0.724. The van der Waals surface area contributed by atoms with Gasteiger partial charge in [0.25, 0.3) is 0 Å². The van der Waals surface area contributed by atoms with E-state index in [4.69, 9.17) is 9.47 Å². The van der Waals surface area contributed by atoms with E-state index in [2.05, 4.69) is 27.7 Å². The quantitative estimate of drug-likeness (QED) is 0.236. The summed E-state index contributed by atoms with van der Waals surface area (Å²) in [6.07, 6.45) is 11.7. The minimum absolute atomic E-state index is 0.268. The highest BCUT2D eigenvalue weighted by atomic mass is 16.6. The fourth-order valence-corrected chi connectivity index (χ4v) is 5.51. The summed E-state index contributed by atoms with van der Waals surface area (Å²) in [6.45, 7) is 13.1. The zero-order valence-electron chi connectivity index (χ0n) is 22.0. The highest BCUT2D eigenvalue weighted by molar-refractivity contribution is 6.02. The van der Waals surface area contributed by atoms with E-state index in [1.807, 2.05) is 0 Å². The molecule has 0 unspecified atom stereocenters. The van der Waals surface area contributed by atoms with Gasteiger partial charge in [0.1, 0.15) is 0 Å². The highest BCUT2D eigenvalue weighted by Gasteiger charge is 2.54. The Morgan fingerprint density at radius 3 is 1.30 bits per heavy atom. The number of unbranched alkanes of at least 4 members (excludes halogenated alkanes) is 2. The van der Waals surface area contributed by atoms with Crippen molar-refractivity contribution >= 4 is 11.9 Å². The maximum absolute atomic E-state index is 13.3. The van der Waals surface area contributed by atoms with Crippen LogP contribution in [0.4, 0.5) is 0 Å². The molecule has 0 bridgehead atoms. The number of esters is 2. The van der Waals surface area contributed by atoms with Crippen molar-refractivity contribution < 1.29 is 19.1 Å². The molecule has 0 aliphatic heterocycles. The second-order valence-electron chi connectivity index (χ2n) is 9.46. The van der Waals surface area contributed by atoms with Crippen molar-refractivity contribution in [2.75, 3.05) is 13.2 Å². The summed E-state index contributed by atoms with van der Waals surface area (Å²) >= 11 is 0. The largest absolute Gasteiger partial charge is 0.465 e. The Bertz CT molecular complexity index is 742. The summed E-state index contributed by atoms with van der Waals surface area (Å²) in [5, 5.41) is 0. The molecule has 0 amide bonds.